The quantitative estimate of drug-likeness (QED) is 0.770. The van der Waals surface area contributed by atoms with Crippen molar-refractivity contribution in [1.29, 1.82) is 0 Å². The van der Waals surface area contributed by atoms with Crippen molar-refractivity contribution in [3.8, 4) is 0 Å². The van der Waals surface area contributed by atoms with Gasteiger partial charge in [0.25, 0.3) is 5.41 Å². The molecule has 0 spiro atoms. The zero-order chi connectivity index (χ0) is 15.2. The molecule has 0 rings (SSSR count). The average molecular weight is 292 g/mol. The summed E-state index contributed by atoms with van der Waals surface area (Å²) >= 11 is 0. The van der Waals surface area contributed by atoms with E-state index in [2.05, 4.69) is 0 Å². The van der Waals surface area contributed by atoms with Crippen LogP contribution in [0.1, 0.15) is 13.8 Å². The molecule has 0 radical (unpaired) electrons. The molecule has 110 valence electrons. The van der Waals surface area contributed by atoms with Gasteiger partial charge < -0.3 is 5.11 Å². The first-order chi connectivity index (χ1) is 7.60. The Morgan fingerprint density at radius 3 is 0.944 bits per heavy atom. The van der Waals surface area contributed by atoms with Crippen LogP contribution in [-0.4, -0.2) is 29.7 Å². The smallest absolute Gasteiger partial charge is 0.391 e. The van der Waals surface area contributed by atoms with E-state index < -0.39 is 36.0 Å². The van der Waals surface area contributed by atoms with Crippen molar-refractivity contribution in [2.45, 2.75) is 38.5 Å². The molecule has 1 atom stereocenters. The van der Waals surface area contributed by atoms with Gasteiger partial charge in [-0.05, 0) is 5.92 Å². The normalized spacial score (nSPS) is 17.2. The number of alkyl halides is 9. The molecule has 0 aliphatic carbocycles. The molecule has 0 saturated carbocycles. The molecule has 0 aromatic rings. The summed E-state index contributed by atoms with van der Waals surface area (Å²) in [7, 11) is 0. The molecular weight excluding hydrogens is 283 g/mol. The Bertz CT molecular complexity index is 248. The van der Waals surface area contributed by atoms with Crippen molar-refractivity contribution in [3.63, 3.8) is 0 Å². The Morgan fingerprint density at radius 2 is 0.889 bits per heavy atom. The maximum atomic E-state index is 12.4. The van der Waals surface area contributed by atoms with Gasteiger partial charge in [-0.2, -0.15) is 39.5 Å². The number of halogens is 9. The summed E-state index contributed by atoms with van der Waals surface area (Å²) < 4.78 is 111. The highest BCUT2D eigenvalue weighted by molar-refractivity contribution is 5.04. The van der Waals surface area contributed by atoms with Crippen molar-refractivity contribution in [2.24, 2.45) is 11.3 Å². The van der Waals surface area contributed by atoms with Crippen LogP contribution in [0, 0.1) is 11.3 Å². The molecule has 0 bridgehead atoms. The second-order valence-electron chi connectivity index (χ2n) is 3.99. The third-order valence-electron chi connectivity index (χ3n) is 2.42. The van der Waals surface area contributed by atoms with Crippen LogP contribution >= 0.6 is 0 Å². The fourth-order valence-corrected chi connectivity index (χ4v) is 1.49. The second-order valence-corrected chi connectivity index (χ2v) is 3.99. The first kappa shape index (κ1) is 17.3. The van der Waals surface area contributed by atoms with Gasteiger partial charge in [0.05, 0.1) is 6.10 Å². The summed E-state index contributed by atoms with van der Waals surface area (Å²) in [5.41, 5.74) is -6.15. The summed E-state index contributed by atoms with van der Waals surface area (Å²) in [5, 5.41) is 8.88. The summed E-state index contributed by atoms with van der Waals surface area (Å²) in [6.45, 7) is 1.26. The van der Waals surface area contributed by atoms with Crippen LogP contribution in [-0.2, 0) is 0 Å². The summed E-state index contributed by atoms with van der Waals surface area (Å²) in [6, 6.07) is 0. The monoisotopic (exact) mass is 292 g/mol. The average Bonchev–Trinajstić information content (AvgIpc) is 1.94. The van der Waals surface area contributed by atoms with Gasteiger partial charge in [-0.15, -0.1) is 0 Å². The van der Waals surface area contributed by atoms with Gasteiger partial charge in [-0.3, -0.25) is 0 Å². The van der Waals surface area contributed by atoms with Gasteiger partial charge in [0.2, 0.25) is 0 Å². The molecule has 0 heterocycles. The van der Waals surface area contributed by atoms with Crippen LogP contribution in [0.25, 0.3) is 0 Å². The molecule has 0 aromatic carbocycles. The first-order valence-electron chi connectivity index (χ1n) is 4.49. The van der Waals surface area contributed by atoms with E-state index in [1.54, 1.807) is 0 Å². The van der Waals surface area contributed by atoms with E-state index in [4.69, 9.17) is 5.11 Å². The summed E-state index contributed by atoms with van der Waals surface area (Å²) in [4.78, 5) is 0. The van der Waals surface area contributed by atoms with E-state index in [0.29, 0.717) is 13.8 Å². The van der Waals surface area contributed by atoms with E-state index in [0.717, 1.165) is 0 Å². The lowest BCUT2D eigenvalue weighted by Crippen LogP contribution is -2.67. The lowest BCUT2D eigenvalue weighted by atomic mass is 9.75. The molecule has 0 aliphatic heterocycles. The van der Waals surface area contributed by atoms with E-state index in [9.17, 15) is 39.5 Å². The first-order valence-corrected chi connectivity index (χ1v) is 4.49. The predicted molar refractivity (Wildman–Crippen MR) is 41.4 cm³/mol. The number of hydrogen-bond acceptors (Lipinski definition) is 1. The van der Waals surface area contributed by atoms with Gasteiger partial charge in [0.15, 0.2) is 0 Å². The Kier molecular flexibility index (Phi) is 4.30. The molecule has 0 amide bonds. The van der Waals surface area contributed by atoms with Crippen LogP contribution in [0.2, 0.25) is 0 Å². The highest BCUT2D eigenvalue weighted by Gasteiger charge is 2.86. The van der Waals surface area contributed by atoms with Crippen LogP contribution in [0.5, 0.6) is 0 Å². The van der Waals surface area contributed by atoms with Crippen LogP contribution in [0.3, 0.4) is 0 Å². The lowest BCUT2D eigenvalue weighted by Gasteiger charge is -2.42. The molecule has 0 aliphatic rings. The molecule has 0 fully saturated rings. The number of aliphatic hydroxyl groups is 1. The van der Waals surface area contributed by atoms with Gasteiger partial charge in [0, 0.05) is 0 Å². The number of hydrogen-bond donors (Lipinski definition) is 1. The van der Waals surface area contributed by atoms with Gasteiger partial charge in [-0.25, -0.2) is 0 Å². The van der Waals surface area contributed by atoms with Crippen molar-refractivity contribution in [1.82, 2.24) is 0 Å². The fourth-order valence-electron chi connectivity index (χ4n) is 1.49. The third kappa shape index (κ3) is 2.39. The highest BCUT2D eigenvalue weighted by Crippen LogP contribution is 2.62. The Labute approximate surface area is 95.6 Å². The topological polar surface area (TPSA) is 20.2 Å². The third-order valence-corrected chi connectivity index (χ3v) is 2.42. The van der Waals surface area contributed by atoms with Gasteiger partial charge in [-0.1, -0.05) is 13.8 Å². The van der Waals surface area contributed by atoms with Crippen molar-refractivity contribution >= 4 is 0 Å². The molecule has 1 unspecified atom stereocenters. The molecule has 0 saturated heterocycles. The van der Waals surface area contributed by atoms with Crippen LogP contribution in [0.4, 0.5) is 39.5 Å². The van der Waals surface area contributed by atoms with Gasteiger partial charge in [0.1, 0.15) is 0 Å². The van der Waals surface area contributed by atoms with Crippen molar-refractivity contribution < 1.29 is 44.6 Å². The maximum absolute atomic E-state index is 12.4. The van der Waals surface area contributed by atoms with Gasteiger partial charge >= 0.3 is 18.5 Å². The molecule has 1 N–H and O–H groups in total. The Morgan fingerprint density at radius 1 is 0.667 bits per heavy atom. The zero-order valence-corrected chi connectivity index (χ0v) is 9.00. The summed E-state index contributed by atoms with van der Waals surface area (Å²) in [6.07, 6.45) is -23.8. The van der Waals surface area contributed by atoms with E-state index in [1.165, 1.54) is 0 Å². The zero-order valence-electron chi connectivity index (χ0n) is 9.00. The predicted octanol–water partition coefficient (Wildman–Crippen LogP) is 3.68. The second kappa shape index (κ2) is 4.46. The molecule has 0 aromatic heterocycles. The fraction of sp³-hybridized carbons (Fsp3) is 1.00. The largest absolute Gasteiger partial charge is 0.414 e. The minimum atomic E-state index is -6.72. The molecule has 18 heavy (non-hydrogen) atoms. The SMILES string of the molecule is CC(C)C(O)C(C(F)(F)F)(C(F)(F)F)C(F)(F)F. The van der Waals surface area contributed by atoms with Crippen LogP contribution < -0.4 is 0 Å². The van der Waals surface area contributed by atoms with Crippen molar-refractivity contribution in [3.05, 3.63) is 0 Å². The van der Waals surface area contributed by atoms with E-state index in [-0.39, 0.29) is 0 Å². The van der Waals surface area contributed by atoms with E-state index in [1.807, 2.05) is 0 Å². The standard InChI is InChI=1S/C8H9F9O/c1-3(2)4(18)5(6(9,10)11,7(12,13)14)8(15,16)17/h3-4,18H,1-2H3. The number of aliphatic hydroxyl groups excluding tert-OH is 1. The molecular formula is C8H9F9O. The molecule has 10 heteroatoms. The molecule has 1 nitrogen and oxygen atoms in total. The Balaban J connectivity index is 6.27. The highest BCUT2D eigenvalue weighted by atomic mass is 19.4. The summed E-state index contributed by atoms with van der Waals surface area (Å²) in [5.74, 6) is -1.89. The van der Waals surface area contributed by atoms with Crippen LogP contribution in [0.15, 0.2) is 0 Å². The Hall–Kier alpha value is -0.670. The minimum Gasteiger partial charge on any atom is -0.391 e. The maximum Gasteiger partial charge on any atom is 0.414 e. The minimum absolute atomic E-state index is 0.628. The number of rotatable bonds is 2. The van der Waals surface area contributed by atoms with Crippen molar-refractivity contribution in [2.75, 3.05) is 0 Å². The van der Waals surface area contributed by atoms with E-state index >= 15 is 0 Å². The lowest BCUT2D eigenvalue weighted by molar-refractivity contribution is -0.451.